The Hall–Kier alpha value is -3.27. The van der Waals surface area contributed by atoms with Crippen molar-refractivity contribution in [1.29, 1.82) is 0 Å². The van der Waals surface area contributed by atoms with Crippen LogP contribution in [0, 0.1) is 0 Å². The van der Waals surface area contributed by atoms with Gasteiger partial charge in [-0.3, -0.25) is 4.79 Å². The number of ether oxygens (including phenoxy) is 1. The van der Waals surface area contributed by atoms with Gasteiger partial charge in [0.2, 0.25) is 5.91 Å². The van der Waals surface area contributed by atoms with Gasteiger partial charge >= 0.3 is 0 Å². The summed E-state index contributed by atoms with van der Waals surface area (Å²) in [4.78, 5) is 12.9. The number of anilines is 1. The molecule has 3 N–H and O–H groups in total. The minimum atomic E-state index is -0.286. The molecule has 0 radical (unpaired) electrons. The predicted molar refractivity (Wildman–Crippen MR) is 118 cm³/mol. The number of carbonyl (C=O) groups is 1. The number of nitrogens with one attached hydrogen (secondary N) is 1. The standard InChI is InChI=1S/C25H28N2O2/c26-22-14-16-23(17-15-22)29-19-9-3-8-18-27-25(28)24(20-10-4-1-5-11-20)21-12-6-2-7-13-21/h1-2,4-7,10-17,24H,3,8-9,18-19,26H2,(H,27,28). The topological polar surface area (TPSA) is 64.3 Å². The Balaban J connectivity index is 1.43. The van der Waals surface area contributed by atoms with Crippen molar-refractivity contribution in [2.45, 2.75) is 25.2 Å². The van der Waals surface area contributed by atoms with Crippen molar-refractivity contribution in [3.05, 3.63) is 96.1 Å². The van der Waals surface area contributed by atoms with E-state index in [0.29, 0.717) is 13.2 Å². The van der Waals surface area contributed by atoms with Gasteiger partial charge in [-0.15, -0.1) is 0 Å². The minimum absolute atomic E-state index is 0.0422. The van der Waals surface area contributed by atoms with E-state index in [-0.39, 0.29) is 11.8 Å². The fourth-order valence-corrected chi connectivity index (χ4v) is 3.26. The fraction of sp³-hybridized carbons (Fsp3) is 0.240. The van der Waals surface area contributed by atoms with E-state index in [4.69, 9.17) is 10.5 Å². The van der Waals surface area contributed by atoms with Crippen LogP contribution < -0.4 is 15.8 Å². The van der Waals surface area contributed by atoms with Crippen LogP contribution >= 0.6 is 0 Å². The first kappa shape index (κ1) is 20.5. The Morgan fingerprint density at radius 3 is 1.97 bits per heavy atom. The number of hydrogen-bond acceptors (Lipinski definition) is 3. The molecule has 0 atom stereocenters. The molecule has 0 spiro atoms. The summed E-state index contributed by atoms with van der Waals surface area (Å²) in [5.41, 5.74) is 8.41. The van der Waals surface area contributed by atoms with Crippen molar-refractivity contribution >= 4 is 11.6 Å². The first-order valence-electron chi connectivity index (χ1n) is 10.1. The number of benzene rings is 3. The largest absolute Gasteiger partial charge is 0.494 e. The number of amides is 1. The van der Waals surface area contributed by atoms with Gasteiger partial charge in [-0.05, 0) is 54.7 Å². The second kappa shape index (κ2) is 10.9. The van der Waals surface area contributed by atoms with E-state index in [1.807, 2.05) is 84.9 Å². The van der Waals surface area contributed by atoms with Crippen LogP contribution in [-0.4, -0.2) is 19.1 Å². The lowest BCUT2D eigenvalue weighted by Crippen LogP contribution is -2.30. The number of nitrogens with two attached hydrogens (primary N) is 1. The zero-order valence-electron chi connectivity index (χ0n) is 16.6. The van der Waals surface area contributed by atoms with Crippen LogP contribution in [0.1, 0.15) is 36.3 Å². The molecule has 4 heteroatoms. The van der Waals surface area contributed by atoms with E-state index in [1.165, 1.54) is 0 Å². The quantitative estimate of drug-likeness (QED) is 0.388. The maximum absolute atomic E-state index is 12.9. The molecule has 0 heterocycles. The van der Waals surface area contributed by atoms with Crippen LogP contribution in [0.5, 0.6) is 5.75 Å². The Kier molecular flexibility index (Phi) is 7.70. The van der Waals surface area contributed by atoms with Gasteiger partial charge in [-0.25, -0.2) is 0 Å². The molecule has 0 aromatic heterocycles. The summed E-state index contributed by atoms with van der Waals surface area (Å²) in [6, 6.07) is 27.3. The van der Waals surface area contributed by atoms with Crippen molar-refractivity contribution in [3.63, 3.8) is 0 Å². The summed E-state index contributed by atoms with van der Waals surface area (Å²) in [5, 5.41) is 3.10. The SMILES string of the molecule is Nc1ccc(OCCCCCNC(=O)C(c2ccccc2)c2ccccc2)cc1. The van der Waals surface area contributed by atoms with Crippen molar-refractivity contribution in [2.24, 2.45) is 0 Å². The average molecular weight is 389 g/mol. The number of unbranched alkanes of at least 4 members (excludes halogenated alkanes) is 2. The molecule has 0 saturated carbocycles. The van der Waals surface area contributed by atoms with Crippen LogP contribution in [0.2, 0.25) is 0 Å². The van der Waals surface area contributed by atoms with Gasteiger partial charge in [0.25, 0.3) is 0 Å². The van der Waals surface area contributed by atoms with Gasteiger partial charge in [0.15, 0.2) is 0 Å². The third-order valence-electron chi connectivity index (χ3n) is 4.80. The summed E-state index contributed by atoms with van der Waals surface area (Å²) in [5.74, 6) is 0.591. The molecule has 3 aromatic carbocycles. The highest BCUT2D eigenvalue weighted by molar-refractivity contribution is 5.87. The van der Waals surface area contributed by atoms with Crippen molar-refractivity contribution in [1.82, 2.24) is 5.32 Å². The molecule has 3 rings (SSSR count). The lowest BCUT2D eigenvalue weighted by atomic mass is 9.90. The third-order valence-corrected chi connectivity index (χ3v) is 4.80. The number of rotatable bonds is 10. The second-order valence-corrected chi connectivity index (χ2v) is 7.02. The molecule has 0 saturated heterocycles. The predicted octanol–water partition coefficient (Wildman–Crippen LogP) is 4.77. The highest BCUT2D eigenvalue weighted by Crippen LogP contribution is 2.24. The molecule has 29 heavy (non-hydrogen) atoms. The van der Waals surface area contributed by atoms with Crippen LogP contribution in [0.4, 0.5) is 5.69 Å². The minimum Gasteiger partial charge on any atom is -0.494 e. The molecule has 0 aliphatic carbocycles. The van der Waals surface area contributed by atoms with Crippen LogP contribution in [0.3, 0.4) is 0 Å². The molecular formula is C25H28N2O2. The van der Waals surface area contributed by atoms with E-state index in [9.17, 15) is 4.79 Å². The molecular weight excluding hydrogens is 360 g/mol. The molecule has 4 nitrogen and oxygen atoms in total. The number of carbonyl (C=O) groups excluding carboxylic acids is 1. The Morgan fingerprint density at radius 2 is 1.38 bits per heavy atom. The molecule has 3 aromatic rings. The summed E-state index contributed by atoms with van der Waals surface area (Å²) < 4.78 is 5.70. The van der Waals surface area contributed by atoms with Crippen molar-refractivity contribution in [3.8, 4) is 5.75 Å². The summed E-state index contributed by atoms with van der Waals surface area (Å²) in [6.07, 6.45) is 2.87. The molecule has 0 aliphatic heterocycles. The monoisotopic (exact) mass is 388 g/mol. The van der Waals surface area contributed by atoms with E-state index in [0.717, 1.165) is 41.8 Å². The highest BCUT2D eigenvalue weighted by atomic mass is 16.5. The fourth-order valence-electron chi connectivity index (χ4n) is 3.26. The normalized spacial score (nSPS) is 10.7. The summed E-state index contributed by atoms with van der Waals surface area (Å²) in [6.45, 7) is 1.32. The van der Waals surface area contributed by atoms with Gasteiger partial charge in [-0.1, -0.05) is 60.7 Å². The molecule has 0 unspecified atom stereocenters. The highest BCUT2D eigenvalue weighted by Gasteiger charge is 2.21. The Labute approximate surface area is 172 Å². The van der Waals surface area contributed by atoms with E-state index in [1.54, 1.807) is 0 Å². The van der Waals surface area contributed by atoms with Gasteiger partial charge in [0, 0.05) is 12.2 Å². The van der Waals surface area contributed by atoms with Crippen LogP contribution in [0.15, 0.2) is 84.9 Å². The Morgan fingerprint density at radius 1 is 0.793 bits per heavy atom. The number of nitrogen functional groups attached to an aromatic ring is 1. The van der Waals surface area contributed by atoms with Gasteiger partial charge in [-0.2, -0.15) is 0 Å². The lowest BCUT2D eigenvalue weighted by molar-refractivity contribution is -0.121. The molecule has 0 fully saturated rings. The van der Waals surface area contributed by atoms with E-state index < -0.39 is 0 Å². The van der Waals surface area contributed by atoms with Crippen LogP contribution in [-0.2, 0) is 4.79 Å². The molecule has 1 amide bonds. The Bertz CT molecular complexity index is 825. The molecule has 0 aliphatic rings. The second-order valence-electron chi connectivity index (χ2n) is 7.02. The van der Waals surface area contributed by atoms with E-state index >= 15 is 0 Å². The maximum atomic E-state index is 12.9. The maximum Gasteiger partial charge on any atom is 0.232 e. The van der Waals surface area contributed by atoms with Crippen molar-refractivity contribution < 1.29 is 9.53 Å². The average Bonchev–Trinajstić information content (AvgIpc) is 2.76. The zero-order valence-corrected chi connectivity index (χ0v) is 16.6. The first-order chi connectivity index (χ1) is 14.2. The zero-order chi connectivity index (χ0) is 20.3. The first-order valence-corrected chi connectivity index (χ1v) is 10.1. The van der Waals surface area contributed by atoms with Gasteiger partial charge in [0.05, 0.1) is 12.5 Å². The molecule has 150 valence electrons. The van der Waals surface area contributed by atoms with Crippen molar-refractivity contribution in [2.75, 3.05) is 18.9 Å². The molecule has 0 bridgehead atoms. The number of hydrogen-bond donors (Lipinski definition) is 2. The third kappa shape index (κ3) is 6.39. The van der Waals surface area contributed by atoms with Gasteiger partial charge < -0.3 is 15.8 Å². The van der Waals surface area contributed by atoms with Gasteiger partial charge in [0.1, 0.15) is 5.75 Å². The summed E-state index contributed by atoms with van der Waals surface area (Å²) in [7, 11) is 0. The van der Waals surface area contributed by atoms with E-state index in [2.05, 4.69) is 5.32 Å². The lowest BCUT2D eigenvalue weighted by Gasteiger charge is -2.18. The smallest absolute Gasteiger partial charge is 0.232 e. The van der Waals surface area contributed by atoms with Crippen LogP contribution in [0.25, 0.3) is 0 Å². The summed E-state index contributed by atoms with van der Waals surface area (Å²) >= 11 is 0.